The van der Waals surface area contributed by atoms with Gasteiger partial charge in [0, 0.05) is 17.5 Å². The van der Waals surface area contributed by atoms with Crippen LogP contribution in [-0.4, -0.2) is 22.3 Å². The predicted octanol–water partition coefficient (Wildman–Crippen LogP) is 4.65. The van der Waals surface area contributed by atoms with Gasteiger partial charge in [-0.05, 0) is 31.9 Å². The number of hydrogen-bond donors (Lipinski definition) is 1. The lowest BCUT2D eigenvalue weighted by Crippen LogP contribution is -2.19. The summed E-state index contributed by atoms with van der Waals surface area (Å²) in [6.07, 6.45) is 1.22. The van der Waals surface area contributed by atoms with Gasteiger partial charge >= 0.3 is 0 Å². The zero-order valence-electron chi connectivity index (χ0n) is 14.0. The number of anilines is 1. The largest absolute Gasteiger partial charge is 0.370 e. The molecule has 0 fully saturated rings. The lowest BCUT2D eigenvalue weighted by Gasteiger charge is -2.20. The molecule has 0 spiro atoms. The molecular formula is C16H29N3S. The van der Waals surface area contributed by atoms with Crippen LogP contribution in [0, 0.1) is 12.8 Å². The van der Waals surface area contributed by atoms with E-state index in [0.717, 1.165) is 34.9 Å². The summed E-state index contributed by atoms with van der Waals surface area (Å²) in [4.78, 5) is 9.50. The fourth-order valence-electron chi connectivity index (χ4n) is 1.70. The monoisotopic (exact) mass is 295 g/mol. The first kappa shape index (κ1) is 17.3. The Balaban J connectivity index is 3.04. The SMILES string of the molecule is CCNc1nc(C(C)(C)C)nc(SCCC(C)C)c1C. The lowest BCUT2D eigenvalue weighted by molar-refractivity contribution is 0.538. The first-order valence-corrected chi connectivity index (χ1v) is 8.50. The quantitative estimate of drug-likeness (QED) is 0.612. The first-order chi connectivity index (χ1) is 9.25. The van der Waals surface area contributed by atoms with Gasteiger partial charge in [-0.2, -0.15) is 0 Å². The molecule has 1 heterocycles. The molecule has 0 aliphatic carbocycles. The summed E-state index contributed by atoms with van der Waals surface area (Å²) in [5.74, 6) is 3.76. The van der Waals surface area contributed by atoms with Crippen LogP contribution in [0.5, 0.6) is 0 Å². The van der Waals surface area contributed by atoms with Crippen molar-refractivity contribution in [2.75, 3.05) is 17.6 Å². The maximum absolute atomic E-state index is 4.80. The Morgan fingerprint density at radius 2 is 1.85 bits per heavy atom. The minimum Gasteiger partial charge on any atom is -0.370 e. The molecule has 3 nitrogen and oxygen atoms in total. The van der Waals surface area contributed by atoms with Gasteiger partial charge in [-0.1, -0.05) is 34.6 Å². The molecule has 0 atom stereocenters. The van der Waals surface area contributed by atoms with Crippen LogP contribution in [0.1, 0.15) is 59.4 Å². The van der Waals surface area contributed by atoms with Crippen molar-refractivity contribution < 1.29 is 0 Å². The molecule has 4 heteroatoms. The molecule has 1 N–H and O–H groups in total. The van der Waals surface area contributed by atoms with Crippen molar-refractivity contribution in [3.63, 3.8) is 0 Å². The summed E-state index contributed by atoms with van der Waals surface area (Å²) < 4.78 is 0. The molecular weight excluding hydrogens is 266 g/mol. The molecule has 0 bridgehead atoms. The summed E-state index contributed by atoms with van der Waals surface area (Å²) in [5, 5.41) is 4.49. The summed E-state index contributed by atoms with van der Waals surface area (Å²) in [6.45, 7) is 16.1. The zero-order chi connectivity index (χ0) is 15.3. The molecule has 0 saturated carbocycles. The Morgan fingerprint density at radius 1 is 1.20 bits per heavy atom. The number of thioether (sulfide) groups is 1. The summed E-state index contributed by atoms with van der Waals surface area (Å²) in [5.41, 5.74) is 1.15. The maximum atomic E-state index is 4.80. The van der Waals surface area contributed by atoms with Gasteiger partial charge in [-0.25, -0.2) is 9.97 Å². The maximum Gasteiger partial charge on any atom is 0.137 e. The minimum atomic E-state index is -0.0226. The van der Waals surface area contributed by atoms with E-state index in [0.29, 0.717) is 0 Å². The Kier molecular flexibility index (Phi) is 6.31. The average molecular weight is 295 g/mol. The third-order valence-electron chi connectivity index (χ3n) is 3.05. The molecule has 1 aromatic heterocycles. The second-order valence-corrected chi connectivity index (χ2v) is 7.72. The Hall–Kier alpha value is -0.770. The van der Waals surface area contributed by atoms with Gasteiger partial charge in [0.1, 0.15) is 16.7 Å². The summed E-state index contributed by atoms with van der Waals surface area (Å²) >= 11 is 1.85. The fourth-order valence-corrected chi connectivity index (χ4v) is 2.95. The zero-order valence-corrected chi connectivity index (χ0v) is 14.8. The molecule has 1 rings (SSSR count). The van der Waals surface area contributed by atoms with Crippen molar-refractivity contribution in [2.45, 2.75) is 65.3 Å². The van der Waals surface area contributed by atoms with Crippen molar-refractivity contribution in [3.05, 3.63) is 11.4 Å². The van der Waals surface area contributed by atoms with Crippen LogP contribution in [0.25, 0.3) is 0 Å². The van der Waals surface area contributed by atoms with Crippen LogP contribution in [0.3, 0.4) is 0 Å². The Bertz CT molecular complexity index is 436. The van der Waals surface area contributed by atoms with Gasteiger partial charge in [0.25, 0.3) is 0 Å². The number of nitrogens with one attached hydrogen (secondary N) is 1. The van der Waals surface area contributed by atoms with E-state index < -0.39 is 0 Å². The number of rotatable bonds is 6. The van der Waals surface area contributed by atoms with E-state index in [2.05, 4.69) is 53.8 Å². The highest BCUT2D eigenvalue weighted by molar-refractivity contribution is 7.99. The van der Waals surface area contributed by atoms with E-state index in [1.54, 1.807) is 0 Å². The van der Waals surface area contributed by atoms with Crippen molar-refractivity contribution >= 4 is 17.6 Å². The highest BCUT2D eigenvalue weighted by Crippen LogP contribution is 2.29. The molecule has 0 saturated heterocycles. The van der Waals surface area contributed by atoms with Crippen LogP contribution in [-0.2, 0) is 5.41 Å². The first-order valence-electron chi connectivity index (χ1n) is 7.51. The molecule has 0 aromatic carbocycles. The van der Waals surface area contributed by atoms with E-state index in [-0.39, 0.29) is 5.41 Å². The van der Waals surface area contributed by atoms with Crippen molar-refractivity contribution in [1.29, 1.82) is 0 Å². The highest BCUT2D eigenvalue weighted by atomic mass is 32.2. The van der Waals surface area contributed by atoms with E-state index >= 15 is 0 Å². The van der Waals surface area contributed by atoms with Crippen LogP contribution < -0.4 is 5.32 Å². The Labute approximate surface area is 128 Å². The van der Waals surface area contributed by atoms with Gasteiger partial charge in [0.2, 0.25) is 0 Å². The van der Waals surface area contributed by atoms with Crippen LogP contribution in [0.4, 0.5) is 5.82 Å². The van der Waals surface area contributed by atoms with Crippen LogP contribution >= 0.6 is 11.8 Å². The average Bonchev–Trinajstić information content (AvgIpc) is 2.32. The second-order valence-electron chi connectivity index (χ2n) is 6.64. The summed E-state index contributed by atoms with van der Waals surface area (Å²) in [7, 11) is 0. The second kappa shape index (κ2) is 7.30. The third-order valence-corrected chi connectivity index (χ3v) is 4.16. The summed E-state index contributed by atoms with van der Waals surface area (Å²) in [6, 6.07) is 0. The fraction of sp³-hybridized carbons (Fsp3) is 0.750. The van der Waals surface area contributed by atoms with Crippen molar-refractivity contribution in [2.24, 2.45) is 5.92 Å². The standard InChI is InChI=1S/C16H29N3S/c1-8-17-13-12(4)14(20-10-9-11(2)3)19-15(18-13)16(5,6)7/h11H,8-10H2,1-7H3,(H,17,18,19). The van der Waals surface area contributed by atoms with Gasteiger partial charge in [0.05, 0.1) is 0 Å². The molecule has 20 heavy (non-hydrogen) atoms. The molecule has 0 aliphatic rings. The van der Waals surface area contributed by atoms with Crippen LogP contribution in [0.15, 0.2) is 5.03 Å². The van der Waals surface area contributed by atoms with E-state index in [1.807, 2.05) is 11.8 Å². The van der Waals surface area contributed by atoms with Gasteiger partial charge in [-0.15, -0.1) is 11.8 Å². The predicted molar refractivity (Wildman–Crippen MR) is 89.8 cm³/mol. The molecule has 0 radical (unpaired) electrons. The molecule has 114 valence electrons. The minimum absolute atomic E-state index is 0.0226. The van der Waals surface area contributed by atoms with E-state index in [9.17, 15) is 0 Å². The topological polar surface area (TPSA) is 37.8 Å². The van der Waals surface area contributed by atoms with Crippen molar-refractivity contribution in [3.8, 4) is 0 Å². The smallest absolute Gasteiger partial charge is 0.137 e. The normalized spacial score (nSPS) is 12.0. The van der Waals surface area contributed by atoms with E-state index in [4.69, 9.17) is 9.97 Å². The Morgan fingerprint density at radius 3 is 2.35 bits per heavy atom. The lowest BCUT2D eigenvalue weighted by atomic mass is 9.95. The van der Waals surface area contributed by atoms with Gasteiger partial charge in [-0.3, -0.25) is 0 Å². The number of nitrogens with zero attached hydrogens (tertiary/aromatic N) is 2. The van der Waals surface area contributed by atoms with Crippen molar-refractivity contribution in [1.82, 2.24) is 9.97 Å². The van der Waals surface area contributed by atoms with Crippen LogP contribution in [0.2, 0.25) is 0 Å². The molecule has 0 aliphatic heterocycles. The molecule has 0 amide bonds. The third kappa shape index (κ3) is 4.97. The van der Waals surface area contributed by atoms with Gasteiger partial charge < -0.3 is 5.32 Å². The van der Waals surface area contributed by atoms with E-state index in [1.165, 1.54) is 12.0 Å². The van der Waals surface area contributed by atoms with Gasteiger partial charge in [0.15, 0.2) is 0 Å². The number of hydrogen-bond acceptors (Lipinski definition) is 4. The molecule has 0 unspecified atom stereocenters. The highest BCUT2D eigenvalue weighted by Gasteiger charge is 2.21. The molecule has 1 aromatic rings. The number of aromatic nitrogens is 2.